The van der Waals surface area contributed by atoms with Gasteiger partial charge >= 0.3 is 0 Å². The number of fused-ring (bicyclic) bond motifs is 1. The Bertz CT molecular complexity index is 1040. The molecule has 1 aromatic heterocycles. The van der Waals surface area contributed by atoms with Gasteiger partial charge in [0.25, 0.3) is 0 Å². The number of aromatic nitrogens is 1. The Morgan fingerprint density at radius 2 is 1.92 bits per heavy atom. The first-order valence-electron chi connectivity index (χ1n) is 13.4. The van der Waals surface area contributed by atoms with Crippen LogP contribution in [0.4, 0.5) is 0 Å². The molecule has 1 aliphatic rings. The molecule has 0 spiro atoms. The van der Waals surface area contributed by atoms with Gasteiger partial charge in [0, 0.05) is 42.7 Å². The maximum atomic E-state index is 13.1. The van der Waals surface area contributed by atoms with Crippen molar-refractivity contribution in [1.29, 1.82) is 0 Å². The highest BCUT2D eigenvalue weighted by Crippen LogP contribution is 2.26. The summed E-state index contributed by atoms with van der Waals surface area (Å²) < 4.78 is 10.7. The molecule has 1 fully saturated rings. The first-order valence-corrected chi connectivity index (χ1v) is 13.4. The van der Waals surface area contributed by atoms with Gasteiger partial charge in [-0.1, -0.05) is 12.8 Å². The highest BCUT2D eigenvalue weighted by Gasteiger charge is 2.22. The minimum absolute atomic E-state index is 0.154. The van der Waals surface area contributed by atoms with Gasteiger partial charge in [0.2, 0.25) is 11.8 Å². The molecule has 37 heavy (non-hydrogen) atoms. The van der Waals surface area contributed by atoms with Gasteiger partial charge in [0.15, 0.2) is 0 Å². The molecule has 204 valence electrons. The standard InChI is InChI=1S/C28H42N4O5/c1-20(33)8-5-4-6-9-26(28(35)29-12-7-13-32-14-16-37-17-15-32)31-27(34)19-23-21(2)30-25-11-10-22(36-3)18-24(23)25/h10-11,18,26,30H,4-9,12-17,19H2,1-3H3,(H,29,35)(H,31,34)/t26-/m0/s1. The molecule has 9 heteroatoms. The van der Waals surface area contributed by atoms with Crippen molar-refractivity contribution in [3.63, 3.8) is 0 Å². The van der Waals surface area contributed by atoms with E-state index in [2.05, 4.69) is 20.5 Å². The van der Waals surface area contributed by atoms with E-state index in [-0.39, 0.29) is 24.0 Å². The maximum absolute atomic E-state index is 13.1. The van der Waals surface area contributed by atoms with E-state index in [0.717, 1.165) is 86.4 Å². The van der Waals surface area contributed by atoms with Crippen molar-refractivity contribution in [2.45, 2.75) is 64.8 Å². The number of carbonyl (C=O) groups excluding carboxylic acids is 3. The van der Waals surface area contributed by atoms with E-state index in [0.29, 0.717) is 19.4 Å². The number of hydrogen-bond donors (Lipinski definition) is 3. The molecule has 1 aliphatic heterocycles. The lowest BCUT2D eigenvalue weighted by Crippen LogP contribution is -2.47. The van der Waals surface area contributed by atoms with Gasteiger partial charge in [0.05, 0.1) is 26.7 Å². The second-order valence-corrected chi connectivity index (χ2v) is 9.84. The number of H-pyrrole nitrogens is 1. The van der Waals surface area contributed by atoms with Crippen molar-refractivity contribution in [2.24, 2.45) is 0 Å². The van der Waals surface area contributed by atoms with Gasteiger partial charge < -0.3 is 29.9 Å². The van der Waals surface area contributed by atoms with Crippen LogP contribution in [0.15, 0.2) is 18.2 Å². The summed E-state index contributed by atoms with van der Waals surface area (Å²) in [6, 6.07) is 5.15. The summed E-state index contributed by atoms with van der Waals surface area (Å²) in [6.45, 7) is 8.37. The fourth-order valence-electron chi connectivity index (χ4n) is 4.75. The molecule has 9 nitrogen and oxygen atoms in total. The number of ketones is 1. The summed E-state index contributed by atoms with van der Waals surface area (Å²) in [5.74, 6) is 0.560. The first-order chi connectivity index (χ1) is 17.9. The minimum Gasteiger partial charge on any atom is -0.497 e. The van der Waals surface area contributed by atoms with E-state index in [1.807, 2.05) is 25.1 Å². The van der Waals surface area contributed by atoms with Crippen LogP contribution >= 0.6 is 0 Å². The Hall–Kier alpha value is -2.91. The van der Waals surface area contributed by atoms with Crippen molar-refractivity contribution in [3.8, 4) is 5.75 Å². The Labute approximate surface area is 219 Å². The van der Waals surface area contributed by atoms with Gasteiger partial charge in [-0.25, -0.2) is 0 Å². The second-order valence-electron chi connectivity index (χ2n) is 9.84. The molecular formula is C28H42N4O5. The van der Waals surface area contributed by atoms with Crippen molar-refractivity contribution in [3.05, 3.63) is 29.5 Å². The molecule has 3 N–H and O–H groups in total. The molecule has 2 heterocycles. The number of morpholine rings is 1. The number of ether oxygens (including phenoxy) is 2. The molecule has 0 aliphatic carbocycles. The van der Waals surface area contributed by atoms with Crippen LogP contribution in [0.1, 0.15) is 56.7 Å². The number of aromatic amines is 1. The Kier molecular flexibility index (Phi) is 11.4. The van der Waals surface area contributed by atoms with Gasteiger partial charge in [-0.3, -0.25) is 14.5 Å². The van der Waals surface area contributed by atoms with Crippen LogP contribution in [0, 0.1) is 6.92 Å². The zero-order valence-electron chi connectivity index (χ0n) is 22.5. The summed E-state index contributed by atoms with van der Waals surface area (Å²) in [6.07, 6.45) is 4.52. The van der Waals surface area contributed by atoms with E-state index in [1.54, 1.807) is 14.0 Å². The number of amides is 2. The number of nitrogens with zero attached hydrogens (tertiary/aromatic N) is 1. The van der Waals surface area contributed by atoms with Crippen molar-refractivity contribution in [1.82, 2.24) is 20.5 Å². The lowest BCUT2D eigenvalue weighted by Gasteiger charge is -2.26. The van der Waals surface area contributed by atoms with Crippen LogP contribution in [-0.4, -0.2) is 80.0 Å². The molecule has 1 saturated heterocycles. The Balaban J connectivity index is 1.57. The third kappa shape index (κ3) is 9.16. The first kappa shape index (κ1) is 28.7. The Morgan fingerprint density at radius 1 is 1.14 bits per heavy atom. The van der Waals surface area contributed by atoms with Gasteiger partial charge in [-0.15, -0.1) is 0 Å². The van der Waals surface area contributed by atoms with Gasteiger partial charge in [-0.2, -0.15) is 0 Å². The average Bonchev–Trinajstić information content (AvgIpc) is 3.19. The molecule has 1 aromatic carbocycles. The largest absolute Gasteiger partial charge is 0.497 e. The molecule has 0 bridgehead atoms. The highest BCUT2D eigenvalue weighted by molar-refractivity contribution is 5.93. The maximum Gasteiger partial charge on any atom is 0.242 e. The normalized spacial score (nSPS) is 14.9. The van der Waals surface area contributed by atoms with E-state index >= 15 is 0 Å². The van der Waals surface area contributed by atoms with E-state index < -0.39 is 6.04 Å². The van der Waals surface area contributed by atoms with Gasteiger partial charge in [0.1, 0.15) is 17.6 Å². The summed E-state index contributed by atoms with van der Waals surface area (Å²) in [5, 5.41) is 6.93. The van der Waals surface area contributed by atoms with Crippen LogP contribution in [0.2, 0.25) is 0 Å². The van der Waals surface area contributed by atoms with Crippen LogP contribution in [0.25, 0.3) is 10.9 Å². The molecule has 2 aromatic rings. The average molecular weight is 515 g/mol. The van der Waals surface area contributed by atoms with E-state index in [9.17, 15) is 14.4 Å². The minimum atomic E-state index is -0.603. The molecule has 0 saturated carbocycles. The Morgan fingerprint density at radius 3 is 2.65 bits per heavy atom. The summed E-state index contributed by atoms with van der Waals surface area (Å²) in [7, 11) is 1.62. The monoisotopic (exact) mass is 514 g/mol. The number of unbranched alkanes of at least 4 members (excludes halogenated alkanes) is 2. The number of rotatable bonds is 15. The lowest BCUT2D eigenvalue weighted by molar-refractivity contribution is -0.128. The summed E-state index contributed by atoms with van der Waals surface area (Å²) >= 11 is 0. The zero-order chi connectivity index (χ0) is 26.6. The predicted octanol–water partition coefficient (Wildman–Crippen LogP) is 2.89. The number of hydrogen-bond acceptors (Lipinski definition) is 6. The summed E-state index contributed by atoms with van der Waals surface area (Å²) in [4.78, 5) is 43.0. The van der Waals surface area contributed by atoms with Crippen LogP contribution in [0.3, 0.4) is 0 Å². The number of carbonyl (C=O) groups is 3. The molecule has 2 amide bonds. The highest BCUT2D eigenvalue weighted by atomic mass is 16.5. The molecule has 1 atom stereocenters. The molecule has 3 rings (SSSR count). The quantitative estimate of drug-likeness (QED) is 0.315. The number of benzene rings is 1. The lowest BCUT2D eigenvalue weighted by atomic mass is 10.0. The summed E-state index contributed by atoms with van der Waals surface area (Å²) in [5.41, 5.74) is 2.77. The number of Topliss-reactive ketones (excluding diaryl/α,β-unsaturated/α-hetero) is 1. The molecule has 0 unspecified atom stereocenters. The third-order valence-electron chi connectivity index (χ3n) is 6.89. The van der Waals surface area contributed by atoms with Gasteiger partial charge in [-0.05, 0) is 63.4 Å². The fourth-order valence-corrected chi connectivity index (χ4v) is 4.75. The van der Waals surface area contributed by atoms with Crippen LogP contribution in [0.5, 0.6) is 5.75 Å². The van der Waals surface area contributed by atoms with Crippen molar-refractivity contribution in [2.75, 3.05) is 46.5 Å². The van der Waals surface area contributed by atoms with Crippen molar-refractivity contribution >= 4 is 28.5 Å². The number of methoxy groups -OCH3 is 1. The van der Waals surface area contributed by atoms with Crippen LogP contribution < -0.4 is 15.4 Å². The SMILES string of the molecule is COc1ccc2[nH]c(C)c(CC(=O)N[C@@H](CCCCCC(C)=O)C(=O)NCCCN3CCOCC3)c2c1. The number of aryl methyl sites for hydroxylation is 1. The van der Waals surface area contributed by atoms with E-state index in [1.165, 1.54) is 0 Å². The smallest absolute Gasteiger partial charge is 0.242 e. The zero-order valence-corrected chi connectivity index (χ0v) is 22.5. The van der Waals surface area contributed by atoms with Crippen molar-refractivity contribution < 1.29 is 23.9 Å². The van der Waals surface area contributed by atoms with Crippen LogP contribution in [-0.2, 0) is 25.5 Å². The van der Waals surface area contributed by atoms with E-state index in [4.69, 9.17) is 9.47 Å². The molecular weight excluding hydrogens is 472 g/mol. The predicted molar refractivity (Wildman–Crippen MR) is 144 cm³/mol. The fraction of sp³-hybridized carbons (Fsp3) is 0.607. The molecule has 0 radical (unpaired) electrons. The number of nitrogens with one attached hydrogen (secondary N) is 3. The topological polar surface area (TPSA) is 113 Å². The second kappa shape index (κ2) is 14.7. The third-order valence-corrected chi connectivity index (χ3v) is 6.89.